The molecule has 7 nitrogen and oxygen atoms in total. The van der Waals surface area contributed by atoms with Crippen LogP contribution in [0.25, 0.3) is 11.7 Å². The SMILES string of the molecule is O=C(/C=C\c1cccs1)NCc1nnc2ccc(N3CCCC3)nn12. The highest BCUT2D eigenvalue weighted by Crippen LogP contribution is 2.18. The molecule has 0 spiro atoms. The van der Waals surface area contributed by atoms with E-state index in [1.165, 1.54) is 18.9 Å². The molecule has 0 radical (unpaired) electrons. The highest BCUT2D eigenvalue weighted by Gasteiger charge is 2.15. The van der Waals surface area contributed by atoms with Gasteiger partial charge in [0.15, 0.2) is 11.5 Å². The summed E-state index contributed by atoms with van der Waals surface area (Å²) in [6.45, 7) is 2.34. The van der Waals surface area contributed by atoms with Gasteiger partial charge in [0, 0.05) is 24.0 Å². The van der Waals surface area contributed by atoms with Gasteiger partial charge in [-0.15, -0.1) is 26.6 Å². The maximum atomic E-state index is 12.0. The smallest absolute Gasteiger partial charge is 0.244 e. The highest BCUT2D eigenvalue weighted by molar-refractivity contribution is 7.10. The van der Waals surface area contributed by atoms with E-state index in [0.717, 1.165) is 23.8 Å². The summed E-state index contributed by atoms with van der Waals surface area (Å²) in [6, 6.07) is 7.80. The number of rotatable bonds is 5. The Morgan fingerprint density at radius 1 is 1.24 bits per heavy atom. The molecule has 0 atom stereocenters. The van der Waals surface area contributed by atoms with Crippen LogP contribution in [-0.2, 0) is 11.3 Å². The van der Waals surface area contributed by atoms with Crippen molar-refractivity contribution in [2.24, 2.45) is 0 Å². The van der Waals surface area contributed by atoms with E-state index in [1.807, 2.05) is 29.6 Å². The van der Waals surface area contributed by atoms with E-state index in [0.29, 0.717) is 11.5 Å². The Morgan fingerprint density at radius 3 is 2.92 bits per heavy atom. The van der Waals surface area contributed by atoms with Crippen molar-refractivity contribution >= 4 is 34.8 Å². The zero-order valence-electron chi connectivity index (χ0n) is 13.6. The van der Waals surface area contributed by atoms with E-state index < -0.39 is 0 Å². The van der Waals surface area contributed by atoms with Crippen molar-refractivity contribution in [2.45, 2.75) is 19.4 Å². The van der Waals surface area contributed by atoms with E-state index in [-0.39, 0.29) is 12.5 Å². The molecule has 1 amide bonds. The summed E-state index contributed by atoms with van der Waals surface area (Å²) in [5.41, 5.74) is 0.682. The number of carbonyl (C=O) groups is 1. The zero-order valence-corrected chi connectivity index (χ0v) is 14.4. The fraction of sp³-hybridized carbons (Fsp3) is 0.294. The summed E-state index contributed by atoms with van der Waals surface area (Å²) in [7, 11) is 0. The van der Waals surface area contributed by atoms with Crippen LogP contribution in [0.4, 0.5) is 5.82 Å². The minimum absolute atomic E-state index is 0.166. The summed E-state index contributed by atoms with van der Waals surface area (Å²) in [6.07, 6.45) is 5.71. The van der Waals surface area contributed by atoms with Crippen LogP contribution in [0.3, 0.4) is 0 Å². The number of nitrogens with zero attached hydrogens (tertiary/aromatic N) is 5. The standard InChI is InChI=1S/C17H18N6OS/c24-17(8-5-13-4-3-11-25-13)18-12-16-20-19-14-6-7-15(21-23(14)16)22-9-1-2-10-22/h3-8,11H,1-2,9-10,12H2,(H,18,24)/b8-5-. The fourth-order valence-electron chi connectivity index (χ4n) is 2.82. The number of carbonyl (C=O) groups excluding carboxylic acids is 1. The monoisotopic (exact) mass is 354 g/mol. The van der Waals surface area contributed by atoms with Gasteiger partial charge in [0.25, 0.3) is 0 Å². The van der Waals surface area contributed by atoms with Gasteiger partial charge in [-0.1, -0.05) is 6.07 Å². The Hall–Kier alpha value is -2.74. The second-order valence-electron chi connectivity index (χ2n) is 5.84. The lowest BCUT2D eigenvalue weighted by atomic mass is 10.4. The van der Waals surface area contributed by atoms with Gasteiger partial charge in [-0.3, -0.25) is 4.79 Å². The van der Waals surface area contributed by atoms with Crippen molar-refractivity contribution in [2.75, 3.05) is 18.0 Å². The van der Waals surface area contributed by atoms with E-state index in [9.17, 15) is 4.79 Å². The number of fused-ring (bicyclic) bond motifs is 1. The number of thiophene rings is 1. The van der Waals surface area contributed by atoms with Crippen LogP contribution in [0, 0.1) is 0 Å². The van der Waals surface area contributed by atoms with Gasteiger partial charge in [-0.2, -0.15) is 4.52 Å². The highest BCUT2D eigenvalue weighted by atomic mass is 32.1. The van der Waals surface area contributed by atoms with Crippen molar-refractivity contribution in [1.29, 1.82) is 0 Å². The Balaban J connectivity index is 1.45. The molecule has 0 unspecified atom stereocenters. The number of amides is 1. The molecule has 1 N–H and O–H groups in total. The quantitative estimate of drug-likeness (QED) is 0.710. The van der Waals surface area contributed by atoms with E-state index in [2.05, 4.69) is 25.5 Å². The molecule has 25 heavy (non-hydrogen) atoms. The van der Waals surface area contributed by atoms with Gasteiger partial charge in [0.1, 0.15) is 5.82 Å². The van der Waals surface area contributed by atoms with Gasteiger partial charge < -0.3 is 10.2 Å². The Morgan fingerprint density at radius 2 is 2.12 bits per heavy atom. The molecular weight excluding hydrogens is 336 g/mol. The summed E-state index contributed by atoms with van der Waals surface area (Å²) >= 11 is 1.59. The lowest BCUT2D eigenvalue weighted by Crippen LogP contribution is -2.23. The van der Waals surface area contributed by atoms with Gasteiger partial charge in [0.05, 0.1) is 6.54 Å². The molecule has 128 valence electrons. The molecule has 8 heteroatoms. The predicted molar refractivity (Wildman–Crippen MR) is 97.4 cm³/mol. The van der Waals surface area contributed by atoms with Gasteiger partial charge in [-0.05, 0) is 42.5 Å². The molecule has 1 aliphatic rings. The average molecular weight is 354 g/mol. The minimum Gasteiger partial charge on any atom is -0.355 e. The van der Waals surface area contributed by atoms with Crippen LogP contribution >= 0.6 is 11.3 Å². The first kappa shape index (κ1) is 15.8. The topological polar surface area (TPSA) is 75.4 Å². The molecule has 0 aliphatic carbocycles. The van der Waals surface area contributed by atoms with Gasteiger partial charge in [-0.25, -0.2) is 0 Å². The fourth-order valence-corrected chi connectivity index (χ4v) is 3.44. The van der Waals surface area contributed by atoms with Crippen LogP contribution in [0.1, 0.15) is 23.5 Å². The van der Waals surface area contributed by atoms with Crippen LogP contribution < -0.4 is 10.2 Å². The van der Waals surface area contributed by atoms with Crippen molar-refractivity contribution in [1.82, 2.24) is 25.1 Å². The summed E-state index contributed by atoms with van der Waals surface area (Å²) in [5.74, 6) is 1.38. The molecular formula is C17H18N6OS. The first-order valence-electron chi connectivity index (χ1n) is 8.25. The lowest BCUT2D eigenvalue weighted by Gasteiger charge is -2.15. The molecule has 1 aliphatic heterocycles. The maximum absolute atomic E-state index is 12.0. The first-order valence-corrected chi connectivity index (χ1v) is 9.13. The van der Waals surface area contributed by atoms with Crippen LogP contribution in [-0.4, -0.2) is 38.8 Å². The Kier molecular flexibility index (Phi) is 4.43. The third kappa shape index (κ3) is 3.53. The van der Waals surface area contributed by atoms with Crippen LogP contribution in [0.5, 0.6) is 0 Å². The second-order valence-corrected chi connectivity index (χ2v) is 6.82. The van der Waals surface area contributed by atoms with Crippen molar-refractivity contribution < 1.29 is 4.79 Å². The Bertz CT molecular complexity index is 895. The molecule has 4 heterocycles. The van der Waals surface area contributed by atoms with Gasteiger partial charge >= 0.3 is 0 Å². The third-order valence-electron chi connectivity index (χ3n) is 4.11. The number of aromatic nitrogens is 4. The molecule has 0 bridgehead atoms. The van der Waals surface area contributed by atoms with Gasteiger partial charge in [0.2, 0.25) is 5.91 Å². The lowest BCUT2D eigenvalue weighted by molar-refractivity contribution is -0.116. The van der Waals surface area contributed by atoms with Crippen LogP contribution in [0.2, 0.25) is 0 Å². The van der Waals surface area contributed by atoms with Crippen molar-refractivity contribution in [3.8, 4) is 0 Å². The number of anilines is 1. The largest absolute Gasteiger partial charge is 0.355 e. The number of hydrogen-bond donors (Lipinski definition) is 1. The molecule has 1 fully saturated rings. The maximum Gasteiger partial charge on any atom is 0.244 e. The van der Waals surface area contributed by atoms with Crippen LogP contribution in [0.15, 0.2) is 35.7 Å². The molecule has 0 aromatic carbocycles. The third-order valence-corrected chi connectivity index (χ3v) is 4.94. The zero-order chi connectivity index (χ0) is 17.1. The number of hydrogen-bond acceptors (Lipinski definition) is 6. The summed E-state index contributed by atoms with van der Waals surface area (Å²) in [4.78, 5) is 15.3. The molecule has 1 saturated heterocycles. The van der Waals surface area contributed by atoms with E-state index >= 15 is 0 Å². The van der Waals surface area contributed by atoms with E-state index in [4.69, 9.17) is 0 Å². The number of nitrogens with one attached hydrogen (secondary N) is 1. The summed E-state index contributed by atoms with van der Waals surface area (Å²) in [5, 5.41) is 17.7. The molecule has 4 rings (SSSR count). The molecule has 3 aromatic rings. The van der Waals surface area contributed by atoms with Crippen molar-refractivity contribution in [3.05, 3.63) is 46.4 Å². The molecule has 0 saturated carbocycles. The van der Waals surface area contributed by atoms with E-state index in [1.54, 1.807) is 21.9 Å². The minimum atomic E-state index is -0.166. The Labute approximate surface area is 149 Å². The average Bonchev–Trinajstić information content (AvgIpc) is 3.39. The summed E-state index contributed by atoms with van der Waals surface area (Å²) < 4.78 is 1.71. The second kappa shape index (κ2) is 7.02. The first-order chi connectivity index (χ1) is 12.3. The molecule has 3 aromatic heterocycles. The normalized spacial score (nSPS) is 14.6. The van der Waals surface area contributed by atoms with Crippen molar-refractivity contribution in [3.63, 3.8) is 0 Å². The predicted octanol–water partition coefficient (Wildman–Crippen LogP) is 2.12.